The minimum Gasteiger partial charge on any atom is -0.370 e. The van der Waals surface area contributed by atoms with Crippen molar-refractivity contribution in [2.75, 3.05) is 28.6 Å². The third kappa shape index (κ3) is 3.69. The molecule has 1 saturated heterocycles. The highest BCUT2D eigenvalue weighted by Gasteiger charge is 2.25. The van der Waals surface area contributed by atoms with Gasteiger partial charge in [-0.3, -0.25) is 0 Å². The van der Waals surface area contributed by atoms with Gasteiger partial charge >= 0.3 is 0 Å². The Bertz CT molecular complexity index is 1250. The highest BCUT2D eigenvalue weighted by molar-refractivity contribution is 6.36. The Kier molecular flexibility index (Phi) is 4.76. The summed E-state index contributed by atoms with van der Waals surface area (Å²) in [6, 6.07) is 8.16. The maximum atomic E-state index is 9.54. The number of anilines is 4. The van der Waals surface area contributed by atoms with E-state index in [1.54, 1.807) is 6.07 Å². The summed E-state index contributed by atoms with van der Waals surface area (Å²) in [6.45, 7) is 4.00. The number of benzene rings is 1. The van der Waals surface area contributed by atoms with Gasteiger partial charge in [-0.2, -0.15) is 20.0 Å². The second-order valence-electron chi connectivity index (χ2n) is 8.13. The van der Waals surface area contributed by atoms with Crippen LogP contribution in [0.4, 0.5) is 23.1 Å². The summed E-state index contributed by atoms with van der Waals surface area (Å²) in [6.07, 6.45) is 4.70. The van der Waals surface area contributed by atoms with E-state index < -0.39 is 0 Å². The van der Waals surface area contributed by atoms with Gasteiger partial charge in [0, 0.05) is 19.1 Å². The van der Waals surface area contributed by atoms with E-state index >= 15 is 0 Å². The first-order valence-corrected chi connectivity index (χ1v) is 10.6. The third-order valence-electron chi connectivity index (χ3n) is 5.59. The highest BCUT2D eigenvalue weighted by Crippen LogP contribution is 2.38. The number of aromatic nitrogens is 4. The Morgan fingerprint density at radius 3 is 2.71 bits per heavy atom. The zero-order chi connectivity index (χ0) is 21.5. The summed E-state index contributed by atoms with van der Waals surface area (Å²) in [5.74, 6) is 1.40. The molecule has 0 amide bonds. The van der Waals surface area contributed by atoms with Crippen LogP contribution in [0.5, 0.6) is 0 Å². The van der Waals surface area contributed by atoms with Gasteiger partial charge in [-0.25, -0.2) is 4.98 Å². The van der Waals surface area contributed by atoms with E-state index in [1.165, 1.54) is 10.7 Å². The SMILES string of the molecule is CC1CCN(c2cc(C#N)cc(Nc3nc(NC4CC4)c4ncc(C#N)n4n3)c2Cl)C1. The Labute approximate surface area is 184 Å². The first-order chi connectivity index (χ1) is 15.1. The molecule has 1 saturated carbocycles. The Balaban J connectivity index is 1.56. The molecule has 1 atom stereocenters. The largest absolute Gasteiger partial charge is 0.370 e. The molecule has 156 valence electrons. The molecule has 1 aliphatic carbocycles. The van der Waals surface area contributed by atoms with E-state index in [2.05, 4.69) is 49.7 Å². The first kappa shape index (κ1) is 19.4. The number of fused-ring (bicyclic) bond motifs is 1. The van der Waals surface area contributed by atoms with Crippen molar-refractivity contribution in [3.05, 3.63) is 34.6 Å². The van der Waals surface area contributed by atoms with Crippen molar-refractivity contribution in [2.24, 2.45) is 5.92 Å². The van der Waals surface area contributed by atoms with Gasteiger partial charge in [-0.1, -0.05) is 18.5 Å². The maximum absolute atomic E-state index is 9.54. The second-order valence-corrected chi connectivity index (χ2v) is 8.50. The zero-order valence-electron chi connectivity index (χ0n) is 16.9. The van der Waals surface area contributed by atoms with Crippen molar-refractivity contribution in [2.45, 2.75) is 32.2 Å². The number of hydrogen-bond donors (Lipinski definition) is 2. The number of halogens is 1. The molecule has 0 bridgehead atoms. The highest BCUT2D eigenvalue weighted by atomic mass is 35.5. The van der Waals surface area contributed by atoms with Gasteiger partial charge in [0.15, 0.2) is 17.2 Å². The molecular weight excluding hydrogens is 414 g/mol. The van der Waals surface area contributed by atoms with Crippen LogP contribution < -0.4 is 15.5 Å². The summed E-state index contributed by atoms with van der Waals surface area (Å²) in [5, 5.41) is 30.4. The van der Waals surface area contributed by atoms with Crippen molar-refractivity contribution in [1.82, 2.24) is 19.6 Å². The lowest BCUT2D eigenvalue weighted by atomic mass is 10.1. The van der Waals surface area contributed by atoms with Crippen LogP contribution in [0.1, 0.15) is 37.4 Å². The Hall–Kier alpha value is -3.56. The molecule has 9 nitrogen and oxygen atoms in total. The molecule has 2 N–H and O–H groups in total. The van der Waals surface area contributed by atoms with E-state index in [4.69, 9.17) is 11.6 Å². The minimum absolute atomic E-state index is 0.267. The normalized spacial score (nSPS) is 18.1. The third-order valence-corrected chi connectivity index (χ3v) is 5.99. The van der Waals surface area contributed by atoms with Crippen molar-refractivity contribution in [3.8, 4) is 12.1 Å². The van der Waals surface area contributed by atoms with Gasteiger partial charge in [-0.05, 0) is 37.3 Å². The van der Waals surface area contributed by atoms with Crippen LogP contribution in [0.15, 0.2) is 18.3 Å². The molecule has 2 aromatic heterocycles. The first-order valence-electron chi connectivity index (χ1n) is 10.2. The smallest absolute Gasteiger partial charge is 0.247 e. The summed E-state index contributed by atoms with van der Waals surface area (Å²) in [4.78, 5) is 11.1. The molecule has 5 rings (SSSR count). The lowest BCUT2D eigenvalue weighted by Crippen LogP contribution is -2.20. The lowest BCUT2D eigenvalue weighted by Gasteiger charge is -2.22. The number of nitriles is 2. The summed E-state index contributed by atoms with van der Waals surface area (Å²) in [5.41, 5.74) is 2.68. The van der Waals surface area contributed by atoms with Gasteiger partial charge in [0.1, 0.15) is 6.07 Å². The van der Waals surface area contributed by atoms with Crippen LogP contribution in [0, 0.1) is 28.6 Å². The van der Waals surface area contributed by atoms with Crippen LogP contribution in [0.2, 0.25) is 5.02 Å². The molecule has 0 spiro atoms. The number of hydrogen-bond acceptors (Lipinski definition) is 8. The summed E-state index contributed by atoms with van der Waals surface area (Å²) >= 11 is 6.75. The van der Waals surface area contributed by atoms with Crippen molar-refractivity contribution < 1.29 is 0 Å². The zero-order valence-corrected chi connectivity index (χ0v) is 17.7. The van der Waals surface area contributed by atoms with E-state index in [9.17, 15) is 10.5 Å². The Morgan fingerprint density at radius 1 is 1.19 bits per heavy atom. The number of nitrogens with one attached hydrogen (secondary N) is 2. The fraction of sp³-hybridized carbons (Fsp3) is 0.381. The van der Waals surface area contributed by atoms with Gasteiger partial charge < -0.3 is 15.5 Å². The average molecular weight is 434 g/mol. The maximum Gasteiger partial charge on any atom is 0.247 e. The predicted molar refractivity (Wildman–Crippen MR) is 118 cm³/mol. The van der Waals surface area contributed by atoms with Crippen molar-refractivity contribution in [1.29, 1.82) is 10.5 Å². The van der Waals surface area contributed by atoms with Crippen LogP contribution in [-0.4, -0.2) is 38.7 Å². The van der Waals surface area contributed by atoms with Crippen LogP contribution in [0.25, 0.3) is 5.65 Å². The lowest BCUT2D eigenvalue weighted by molar-refractivity contribution is 0.659. The van der Waals surface area contributed by atoms with E-state index in [0.717, 1.165) is 38.0 Å². The minimum atomic E-state index is 0.267. The quantitative estimate of drug-likeness (QED) is 0.625. The Morgan fingerprint density at radius 2 is 2.03 bits per heavy atom. The predicted octanol–water partition coefficient (Wildman–Crippen LogP) is 3.69. The van der Waals surface area contributed by atoms with Gasteiger partial charge in [0.2, 0.25) is 5.95 Å². The van der Waals surface area contributed by atoms with Gasteiger partial charge in [-0.15, -0.1) is 5.10 Å². The molecule has 2 aliphatic rings. The average Bonchev–Trinajstić information content (AvgIpc) is 3.31. The molecule has 1 unspecified atom stereocenters. The summed E-state index contributed by atoms with van der Waals surface area (Å²) < 4.78 is 1.46. The van der Waals surface area contributed by atoms with Gasteiger partial charge in [0.25, 0.3) is 0 Å². The molecule has 3 heterocycles. The molecule has 0 radical (unpaired) electrons. The van der Waals surface area contributed by atoms with Crippen LogP contribution in [0.3, 0.4) is 0 Å². The van der Waals surface area contributed by atoms with Crippen LogP contribution in [-0.2, 0) is 0 Å². The molecule has 1 aliphatic heterocycles. The molecule has 31 heavy (non-hydrogen) atoms. The fourth-order valence-corrected chi connectivity index (χ4v) is 4.07. The molecule has 1 aromatic carbocycles. The molecule has 2 fully saturated rings. The summed E-state index contributed by atoms with van der Waals surface area (Å²) in [7, 11) is 0. The van der Waals surface area contributed by atoms with Crippen LogP contribution >= 0.6 is 11.6 Å². The van der Waals surface area contributed by atoms with Crippen molar-refractivity contribution >= 4 is 40.4 Å². The molecule has 10 heteroatoms. The van der Waals surface area contributed by atoms with Gasteiger partial charge in [0.05, 0.1) is 34.2 Å². The topological polar surface area (TPSA) is 118 Å². The number of imidazole rings is 1. The molecular formula is C21H20ClN9. The monoisotopic (exact) mass is 433 g/mol. The van der Waals surface area contributed by atoms with E-state index in [1.807, 2.05) is 6.07 Å². The standard InChI is InChI=1S/C21H20ClN9/c1-12-4-5-30(11-12)17-7-13(8-23)6-16(18(17)22)27-21-28-19(26-14-2-3-14)20-25-10-15(9-24)31(20)29-21/h6-7,10,12,14H,2-5,11H2,1H3,(H2,26,27,28,29). The number of nitrogens with zero attached hydrogens (tertiary/aromatic N) is 7. The fourth-order valence-electron chi connectivity index (χ4n) is 3.80. The second kappa shape index (κ2) is 7.60. The van der Waals surface area contributed by atoms with E-state index in [0.29, 0.717) is 45.4 Å². The van der Waals surface area contributed by atoms with E-state index in [-0.39, 0.29) is 5.95 Å². The van der Waals surface area contributed by atoms with Crippen molar-refractivity contribution in [3.63, 3.8) is 0 Å². The molecule has 3 aromatic rings. The number of rotatable bonds is 5.